The minimum Gasteiger partial charge on any atom is -0.212 e. The van der Waals surface area contributed by atoms with Crippen LogP contribution in [0.2, 0.25) is 0 Å². The van der Waals surface area contributed by atoms with Gasteiger partial charge in [-0.3, -0.25) is 0 Å². The van der Waals surface area contributed by atoms with Crippen molar-refractivity contribution in [2.45, 2.75) is 25.8 Å². The van der Waals surface area contributed by atoms with Crippen LogP contribution in [0.25, 0.3) is 0 Å². The van der Waals surface area contributed by atoms with Gasteiger partial charge in [-0.25, -0.2) is 13.1 Å². The summed E-state index contributed by atoms with van der Waals surface area (Å²) in [4.78, 5) is 1.03. The van der Waals surface area contributed by atoms with E-state index in [0.717, 1.165) is 11.3 Å². The highest BCUT2D eigenvalue weighted by Crippen LogP contribution is 2.19. The third-order valence-corrected chi connectivity index (χ3v) is 4.98. The van der Waals surface area contributed by atoms with Crippen LogP contribution in [0.5, 0.6) is 0 Å². The molecule has 0 saturated heterocycles. The van der Waals surface area contributed by atoms with Crippen molar-refractivity contribution in [3.8, 4) is 0 Å². The summed E-state index contributed by atoms with van der Waals surface area (Å²) in [6, 6.07) is 3.69. The van der Waals surface area contributed by atoms with Crippen molar-refractivity contribution in [1.29, 1.82) is 0 Å². The monoisotopic (exact) mass is 281 g/mol. The van der Waals surface area contributed by atoms with Gasteiger partial charge in [0, 0.05) is 10.8 Å². The number of alkyl halides is 1. The van der Waals surface area contributed by atoms with Crippen molar-refractivity contribution in [3.63, 3.8) is 0 Å². The largest absolute Gasteiger partial charge is 0.212 e. The van der Waals surface area contributed by atoms with E-state index in [9.17, 15) is 8.42 Å². The SMILES string of the molecule is C[C@H](NS(=O)(=O)CCCCCl)c1cccs1. The number of hydrogen-bond acceptors (Lipinski definition) is 3. The van der Waals surface area contributed by atoms with Gasteiger partial charge in [0.05, 0.1) is 11.8 Å². The summed E-state index contributed by atoms with van der Waals surface area (Å²) in [5.41, 5.74) is 0. The molecule has 1 heterocycles. The van der Waals surface area contributed by atoms with Crippen molar-refractivity contribution in [1.82, 2.24) is 4.72 Å². The van der Waals surface area contributed by atoms with Crippen molar-refractivity contribution in [2.75, 3.05) is 11.6 Å². The predicted octanol–water partition coefficient (Wildman–Crippen LogP) is 2.75. The maximum absolute atomic E-state index is 11.7. The molecule has 0 saturated carbocycles. The second kappa shape index (κ2) is 6.59. The van der Waals surface area contributed by atoms with Crippen molar-refractivity contribution < 1.29 is 8.42 Å². The summed E-state index contributed by atoms with van der Waals surface area (Å²) in [6.45, 7) is 1.85. The average Bonchev–Trinajstić information content (AvgIpc) is 2.69. The lowest BCUT2D eigenvalue weighted by Crippen LogP contribution is -2.28. The van der Waals surface area contributed by atoms with Gasteiger partial charge >= 0.3 is 0 Å². The molecule has 0 amide bonds. The van der Waals surface area contributed by atoms with E-state index in [1.54, 1.807) is 11.3 Å². The fourth-order valence-electron chi connectivity index (χ4n) is 1.31. The molecule has 0 aliphatic carbocycles. The Hall–Kier alpha value is -0.100. The number of rotatable bonds is 7. The molecule has 0 radical (unpaired) electrons. The summed E-state index contributed by atoms with van der Waals surface area (Å²) in [7, 11) is -3.18. The van der Waals surface area contributed by atoms with Gasteiger partial charge in [-0.15, -0.1) is 22.9 Å². The van der Waals surface area contributed by atoms with Gasteiger partial charge in [0.1, 0.15) is 0 Å². The first-order valence-corrected chi connectivity index (χ1v) is 8.21. The lowest BCUT2D eigenvalue weighted by atomic mass is 10.3. The Kier molecular flexibility index (Phi) is 5.75. The van der Waals surface area contributed by atoms with Crippen molar-refractivity contribution in [3.05, 3.63) is 22.4 Å². The molecule has 0 aromatic carbocycles. The van der Waals surface area contributed by atoms with Gasteiger partial charge < -0.3 is 0 Å². The molecule has 3 nitrogen and oxygen atoms in total. The fourth-order valence-corrected chi connectivity index (χ4v) is 3.68. The zero-order chi connectivity index (χ0) is 12.0. The first-order chi connectivity index (χ1) is 7.55. The molecule has 1 rings (SSSR count). The van der Waals surface area contributed by atoms with E-state index < -0.39 is 10.0 Å². The first kappa shape index (κ1) is 14.0. The minimum atomic E-state index is -3.18. The minimum absolute atomic E-state index is 0.148. The number of unbranched alkanes of at least 4 members (excludes halogenated alkanes) is 1. The molecule has 0 fully saturated rings. The third-order valence-electron chi connectivity index (χ3n) is 2.12. The molecule has 0 unspecified atom stereocenters. The summed E-state index contributed by atoms with van der Waals surface area (Å²) in [6.07, 6.45) is 1.34. The average molecular weight is 282 g/mol. The number of hydrogen-bond donors (Lipinski definition) is 1. The Labute approximate surface area is 106 Å². The van der Waals surface area contributed by atoms with Crippen molar-refractivity contribution >= 4 is 33.0 Å². The van der Waals surface area contributed by atoms with Gasteiger partial charge in [-0.2, -0.15) is 0 Å². The standard InChI is InChI=1S/C10H16ClNO2S2/c1-9(10-5-4-7-15-10)12-16(13,14)8-3-2-6-11/h4-5,7,9,12H,2-3,6,8H2,1H3/t9-/m0/s1. The lowest BCUT2D eigenvalue weighted by molar-refractivity contribution is 0.565. The van der Waals surface area contributed by atoms with Crippen LogP contribution in [-0.4, -0.2) is 20.1 Å². The Morgan fingerprint density at radius 2 is 2.25 bits per heavy atom. The number of thiophene rings is 1. The zero-order valence-corrected chi connectivity index (χ0v) is 11.5. The molecular formula is C10H16ClNO2S2. The van der Waals surface area contributed by atoms with Crippen LogP contribution in [0.4, 0.5) is 0 Å². The smallest absolute Gasteiger partial charge is 0.212 e. The number of nitrogens with one attached hydrogen (secondary N) is 1. The van der Waals surface area contributed by atoms with Crippen LogP contribution in [0.15, 0.2) is 17.5 Å². The summed E-state index contributed by atoms with van der Waals surface area (Å²) < 4.78 is 26.0. The summed E-state index contributed by atoms with van der Waals surface area (Å²) in [5.74, 6) is 0.658. The van der Waals surface area contributed by atoms with Crippen LogP contribution in [-0.2, 0) is 10.0 Å². The van der Waals surface area contributed by atoms with Crippen LogP contribution in [0.1, 0.15) is 30.7 Å². The lowest BCUT2D eigenvalue weighted by Gasteiger charge is -2.12. The topological polar surface area (TPSA) is 46.2 Å². The zero-order valence-electron chi connectivity index (χ0n) is 9.15. The van der Waals surface area contributed by atoms with Gasteiger partial charge in [0.2, 0.25) is 10.0 Å². The van der Waals surface area contributed by atoms with Crippen LogP contribution in [0.3, 0.4) is 0 Å². The summed E-state index contributed by atoms with van der Waals surface area (Å²) >= 11 is 7.06. The maximum atomic E-state index is 11.7. The molecule has 1 N–H and O–H groups in total. The first-order valence-electron chi connectivity index (χ1n) is 5.14. The quantitative estimate of drug-likeness (QED) is 0.617. The Morgan fingerprint density at radius 3 is 2.81 bits per heavy atom. The van der Waals surface area contributed by atoms with Crippen LogP contribution >= 0.6 is 22.9 Å². The van der Waals surface area contributed by atoms with E-state index >= 15 is 0 Å². The summed E-state index contributed by atoms with van der Waals surface area (Å²) in [5, 5.41) is 1.94. The highest BCUT2D eigenvalue weighted by molar-refractivity contribution is 7.89. The van der Waals surface area contributed by atoms with Gasteiger partial charge in [0.25, 0.3) is 0 Å². The van der Waals surface area contributed by atoms with E-state index in [2.05, 4.69) is 4.72 Å². The van der Waals surface area contributed by atoms with E-state index in [0.29, 0.717) is 12.3 Å². The van der Waals surface area contributed by atoms with E-state index in [4.69, 9.17) is 11.6 Å². The molecule has 0 spiro atoms. The molecule has 1 atom stereocenters. The molecule has 92 valence electrons. The number of sulfonamides is 1. The highest BCUT2D eigenvalue weighted by atomic mass is 35.5. The third kappa shape index (κ3) is 4.82. The van der Waals surface area contributed by atoms with Crippen LogP contribution < -0.4 is 4.72 Å². The van der Waals surface area contributed by atoms with Gasteiger partial charge in [0.15, 0.2) is 0 Å². The van der Waals surface area contributed by atoms with E-state index in [1.165, 1.54) is 0 Å². The molecule has 1 aromatic heterocycles. The maximum Gasteiger partial charge on any atom is 0.212 e. The Morgan fingerprint density at radius 1 is 1.50 bits per heavy atom. The second-order valence-electron chi connectivity index (χ2n) is 3.57. The van der Waals surface area contributed by atoms with Gasteiger partial charge in [-0.05, 0) is 31.2 Å². The second-order valence-corrected chi connectivity index (χ2v) is 6.80. The van der Waals surface area contributed by atoms with Gasteiger partial charge in [-0.1, -0.05) is 6.07 Å². The molecule has 0 bridgehead atoms. The predicted molar refractivity (Wildman–Crippen MR) is 69.6 cm³/mol. The molecule has 0 aliphatic heterocycles. The number of halogens is 1. The molecule has 6 heteroatoms. The van der Waals surface area contributed by atoms with E-state index in [-0.39, 0.29) is 11.8 Å². The fraction of sp³-hybridized carbons (Fsp3) is 0.600. The molecular weight excluding hydrogens is 266 g/mol. The Balaban J connectivity index is 2.46. The van der Waals surface area contributed by atoms with E-state index in [1.807, 2.05) is 24.4 Å². The molecule has 1 aromatic rings. The molecule has 16 heavy (non-hydrogen) atoms. The Bertz CT molecular complexity index is 389. The normalized spacial score (nSPS) is 13.9. The highest BCUT2D eigenvalue weighted by Gasteiger charge is 2.15. The molecule has 0 aliphatic rings. The van der Waals surface area contributed by atoms with Crippen molar-refractivity contribution in [2.24, 2.45) is 0 Å². The van der Waals surface area contributed by atoms with Crippen LogP contribution in [0, 0.1) is 0 Å².